The van der Waals surface area contributed by atoms with E-state index in [9.17, 15) is 4.79 Å². The molecule has 0 unspecified atom stereocenters. The van der Waals surface area contributed by atoms with E-state index in [0.717, 1.165) is 22.6 Å². The number of ether oxygens (including phenoxy) is 1. The summed E-state index contributed by atoms with van der Waals surface area (Å²) in [6, 6.07) is 17.2. The Bertz CT molecular complexity index is 1260. The third kappa shape index (κ3) is 4.26. The number of anilines is 1. The average Bonchev–Trinajstić information content (AvgIpc) is 3.30. The summed E-state index contributed by atoms with van der Waals surface area (Å²) in [7, 11) is 1.47. The molecule has 4 aromatic rings. The summed E-state index contributed by atoms with van der Waals surface area (Å²) in [5.41, 5.74) is 4.10. The standard InChI is InChI=1S/C24H25N5O3/c1-17-15-18(25-12-6-14-30)9-10-20(17)28-16-22(32-2)24(31)23(27-28)21-11-13-26-29(21)19-7-4-3-5-8-19/h3-5,7-11,13,15-16,25,30H,6,12,14H2,1-2H3. The molecule has 4 rings (SSSR count). The summed E-state index contributed by atoms with van der Waals surface area (Å²) in [4.78, 5) is 13.1. The van der Waals surface area contributed by atoms with Crippen molar-refractivity contribution in [1.29, 1.82) is 0 Å². The fourth-order valence-electron chi connectivity index (χ4n) is 3.50. The van der Waals surface area contributed by atoms with Crippen LogP contribution in [0.3, 0.4) is 0 Å². The molecule has 2 N–H and O–H groups in total. The summed E-state index contributed by atoms with van der Waals surface area (Å²) in [5, 5.41) is 21.3. The van der Waals surface area contributed by atoms with Gasteiger partial charge in [0.25, 0.3) is 5.43 Å². The minimum Gasteiger partial charge on any atom is -0.491 e. The predicted molar refractivity (Wildman–Crippen MR) is 124 cm³/mol. The third-order valence-corrected chi connectivity index (χ3v) is 5.10. The van der Waals surface area contributed by atoms with Crippen LogP contribution in [0.15, 0.2) is 71.8 Å². The van der Waals surface area contributed by atoms with Crippen LogP contribution >= 0.6 is 0 Å². The fraction of sp³-hybridized carbons (Fsp3) is 0.208. The lowest BCUT2D eigenvalue weighted by molar-refractivity contribution is 0.292. The summed E-state index contributed by atoms with van der Waals surface area (Å²) in [6.07, 6.45) is 3.92. The van der Waals surface area contributed by atoms with Gasteiger partial charge in [0, 0.05) is 18.8 Å². The molecular formula is C24H25N5O3. The van der Waals surface area contributed by atoms with Crippen molar-refractivity contribution in [3.05, 3.63) is 82.8 Å². The number of methoxy groups -OCH3 is 1. The van der Waals surface area contributed by atoms with E-state index in [4.69, 9.17) is 9.84 Å². The summed E-state index contributed by atoms with van der Waals surface area (Å²) in [5.74, 6) is 0.195. The molecule has 0 atom stereocenters. The van der Waals surface area contributed by atoms with Crippen LogP contribution in [0.1, 0.15) is 12.0 Å². The topological polar surface area (TPSA) is 94.2 Å². The monoisotopic (exact) mass is 431 g/mol. The van der Waals surface area contributed by atoms with E-state index in [1.165, 1.54) is 7.11 Å². The van der Waals surface area contributed by atoms with Crippen molar-refractivity contribution in [2.24, 2.45) is 0 Å². The Morgan fingerprint density at radius 3 is 2.66 bits per heavy atom. The van der Waals surface area contributed by atoms with E-state index in [1.54, 1.807) is 27.8 Å². The van der Waals surface area contributed by atoms with Gasteiger partial charge in [-0.15, -0.1) is 0 Å². The first-order valence-electron chi connectivity index (χ1n) is 10.4. The Kier molecular flexibility index (Phi) is 6.32. The quantitative estimate of drug-likeness (QED) is 0.416. The maximum absolute atomic E-state index is 13.1. The van der Waals surface area contributed by atoms with Crippen LogP contribution in [0.2, 0.25) is 0 Å². The van der Waals surface area contributed by atoms with Crippen LogP contribution in [-0.4, -0.2) is 44.9 Å². The van der Waals surface area contributed by atoms with Crippen LogP contribution in [-0.2, 0) is 0 Å². The second kappa shape index (κ2) is 9.49. The lowest BCUT2D eigenvalue weighted by Gasteiger charge is -2.15. The number of nitrogens with zero attached hydrogens (tertiary/aromatic N) is 4. The van der Waals surface area contributed by atoms with E-state index in [0.29, 0.717) is 18.7 Å². The van der Waals surface area contributed by atoms with Crippen LogP contribution in [0.25, 0.3) is 22.8 Å². The molecule has 2 aromatic heterocycles. The number of aliphatic hydroxyl groups is 1. The first-order valence-corrected chi connectivity index (χ1v) is 10.4. The van der Waals surface area contributed by atoms with Gasteiger partial charge in [0.05, 0.1) is 36.6 Å². The number of aryl methyl sites for hydroxylation is 1. The predicted octanol–water partition coefficient (Wildman–Crippen LogP) is 3.20. The van der Waals surface area contributed by atoms with Gasteiger partial charge in [0.15, 0.2) is 11.4 Å². The number of rotatable bonds is 8. The average molecular weight is 431 g/mol. The highest BCUT2D eigenvalue weighted by Crippen LogP contribution is 2.23. The first-order chi connectivity index (χ1) is 15.6. The van der Waals surface area contributed by atoms with Crippen molar-refractivity contribution in [3.8, 4) is 28.5 Å². The van der Waals surface area contributed by atoms with Crippen molar-refractivity contribution in [3.63, 3.8) is 0 Å². The number of hydrogen-bond donors (Lipinski definition) is 2. The Labute approximate surface area is 185 Å². The zero-order chi connectivity index (χ0) is 22.5. The molecule has 0 saturated heterocycles. The number of para-hydroxylation sites is 1. The molecular weight excluding hydrogens is 406 g/mol. The Morgan fingerprint density at radius 1 is 1.12 bits per heavy atom. The zero-order valence-electron chi connectivity index (χ0n) is 18.0. The van der Waals surface area contributed by atoms with Gasteiger partial charge in [0.1, 0.15) is 0 Å². The smallest absolute Gasteiger partial charge is 0.251 e. The van der Waals surface area contributed by atoms with E-state index >= 15 is 0 Å². The number of aliphatic hydroxyl groups excluding tert-OH is 1. The summed E-state index contributed by atoms with van der Waals surface area (Å²) >= 11 is 0. The van der Waals surface area contributed by atoms with E-state index in [2.05, 4.69) is 15.5 Å². The molecule has 164 valence electrons. The van der Waals surface area contributed by atoms with Gasteiger partial charge in [-0.3, -0.25) is 4.79 Å². The second-order valence-electron chi connectivity index (χ2n) is 7.29. The first kappa shape index (κ1) is 21.3. The van der Waals surface area contributed by atoms with E-state index < -0.39 is 0 Å². The molecule has 0 saturated carbocycles. The summed E-state index contributed by atoms with van der Waals surface area (Å²) < 4.78 is 8.73. The van der Waals surface area contributed by atoms with Crippen LogP contribution < -0.4 is 15.5 Å². The minimum absolute atomic E-state index is 0.146. The molecule has 0 aliphatic heterocycles. The highest BCUT2D eigenvalue weighted by molar-refractivity contribution is 5.60. The van der Waals surface area contributed by atoms with Gasteiger partial charge >= 0.3 is 0 Å². The molecule has 0 aliphatic rings. The van der Waals surface area contributed by atoms with Crippen LogP contribution in [0.5, 0.6) is 5.75 Å². The molecule has 8 heteroatoms. The molecule has 32 heavy (non-hydrogen) atoms. The van der Waals surface area contributed by atoms with Gasteiger partial charge in [-0.25, -0.2) is 9.36 Å². The maximum Gasteiger partial charge on any atom is 0.251 e. The number of nitrogens with one attached hydrogen (secondary N) is 1. The maximum atomic E-state index is 13.1. The van der Waals surface area contributed by atoms with Gasteiger partial charge in [0.2, 0.25) is 0 Å². The molecule has 2 heterocycles. The van der Waals surface area contributed by atoms with Crippen molar-refractivity contribution in [2.45, 2.75) is 13.3 Å². The molecule has 0 fully saturated rings. The molecule has 0 aliphatic carbocycles. The van der Waals surface area contributed by atoms with Gasteiger partial charge < -0.3 is 15.2 Å². The number of aromatic nitrogens is 4. The second-order valence-corrected chi connectivity index (χ2v) is 7.29. The minimum atomic E-state index is -0.304. The van der Waals surface area contributed by atoms with Crippen molar-refractivity contribution < 1.29 is 9.84 Å². The number of benzene rings is 2. The van der Waals surface area contributed by atoms with Crippen molar-refractivity contribution in [1.82, 2.24) is 19.6 Å². The van der Waals surface area contributed by atoms with E-state index in [1.807, 2.05) is 55.5 Å². The third-order valence-electron chi connectivity index (χ3n) is 5.10. The fourth-order valence-corrected chi connectivity index (χ4v) is 3.50. The molecule has 2 aromatic carbocycles. The molecule has 8 nitrogen and oxygen atoms in total. The zero-order valence-corrected chi connectivity index (χ0v) is 18.0. The largest absolute Gasteiger partial charge is 0.491 e. The van der Waals surface area contributed by atoms with Gasteiger partial charge in [-0.1, -0.05) is 18.2 Å². The van der Waals surface area contributed by atoms with Crippen molar-refractivity contribution >= 4 is 5.69 Å². The highest BCUT2D eigenvalue weighted by Gasteiger charge is 2.18. The van der Waals surface area contributed by atoms with Crippen LogP contribution in [0, 0.1) is 6.92 Å². The lowest BCUT2D eigenvalue weighted by atomic mass is 10.1. The Hall–Kier alpha value is -3.91. The molecule has 0 amide bonds. The van der Waals surface area contributed by atoms with Gasteiger partial charge in [-0.2, -0.15) is 10.2 Å². The normalized spacial score (nSPS) is 10.8. The molecule has 0 bridgehead atoms. The molecule has 0 spiro atoms. The Morgan fingerprint density at radius 2 is 1.94 bits per heavy atom. The Balaban J connectivity index is 1.79. The van der Waals surface area contributed by atoms with Gasteiger partial charge in [-0.05, 0) is 55.3 Å². The van der Waals surface area contributed by atoms with Crippen LogP contribution in [0.4, 0.5) is 5.69 Å². The summed E-state index contributed by atoms with van der Waals surface area (Å²) in [6.45, 7) is 2.81. The highest BCUT2D eigenvalue weighted by atomic mass is 16.5. The SMILES string of the molecule is COc1cn(-c2ccc(NCCCO)cc2C)nc(-c2ccnn2-c2ccccc2)c1=O. The molecule has 0 radical (unpaired) electrons. The lowest BCUT2D eigenvalue weighted by Crippen LogP contribution is -2.18. The number of hydrogen-bond acceptors (Lipinski definition) is 6. The van der Waals surface area contributed by atoms with E-state index in [-0.39, 0.29) is 23.5 Å². The van der Waals surface area contributed by atoms with Crippen molar-refractivity contribution in [2.75, 3.05) is 25.6 Å².